The van der Waals surface area contributed by atoms with E-state index in [-0.39, 0.29) is 22.3 Å². The Morgan fingerprint density at radius 2 is 1.83 bits per heavy atom. The summed E-state index contributed by atoms with van der Waals surface area (Å²) in [6, 6.07) is 1.09. The first-order valence-corrected chi connectivity index (χ1v) is 17.8. The van der Waals surface area contributed by atoms with Crippen molar-refractivity contribution in [1.29, 1.82) is 0 Å². The highest BCUT2D eigenvalue weighted by Crippen LogP contribution is 2.48. The number of allylic oxidation sites excluding steroid dienone is 2. The molecule has 0 heterocycles. The van der Waals surface area contributed by atoms with Crippen molar-refractivity contribution in [2.75, 3.05) is 13.7 Å². The molecule has 0 saturated carbocycles. The minimum absolute atomic E-state index is 0.104. The first-order valence-electron chi connectivity index (χ1n) is 11.2. The number of methoxy groups -OCH3 is 1. The van der Waals surface area contributed by atoms with Crippen molar-refractivity contribution >= 4 is 22.4 Å². The summed E-state index contributed by atoms with van der Waals surface area (Å²) in [6.45, 7) is 26.1. The largest absolute Gasteiger partial charge is 0.466 e. The maximum Gasteiger partial charge on any atom is 0.333 e. The Hall–Kier alpha value is -0.656. The van der Waals surface area contributed by atoms with Crippen LogP contribution in [0.15, 0.2) is 23.8 Å². The van der Waals surface area contributed by atoms with Crippen molar-refractivity contribution in [1.82, 2.24) is 0 Å². The van der Waals surface area contributed by atoms with E-state index in [2.05, 4.69) is 73.1 Å². The zero-order chi connectivity index (χ0) is 22.7. The van der Waals surface area contributed by atoms with Crippen molar-refractivity contribution in [3.63, 3.8) is 0 Å². The molecule has 0 radical (unpaired) electrons. The van der Waals surface area contributed by atoms with Gasteiger partial charge in [0.2, 0.25) is 0 Å². The van der Waals surface area contributed by atoms with Gasteiger partial charge in [0.05, 0.1) is 7.11 Å². The van der Waals surface area contributed by atoms with E-state index in [0.717, 1.165) is 43.9 Å². The highest BCUT2D eigenvalue weighted by atomic mass is 28.4. The van der Waals surface area contributed by atoms with Crippen LogP contribution in [0.25, 0.3) is 0 Å². The van der Waals surface area contributed by atoms with Gasteiger partial charge in [-0.2, -0.15) is 0 Å². The predicted molar refractivity (Wildman–Crippen MR) is 131 cm³/mol. The van der Waals surface area contributed by atoms with Gasteiger partial charge < -0.3 is 9.16 Å². The van der Waals surface area contributed by atoms with Crippen molar-refractivity contribution in [2.45, 2.75) is 97.2 Å². The van der Waals surface area contributed by atoms with Crippen LogP contribution in [0.3, 0.4) is 0 Å². The van der Waals surface area contributed by atoms with E-state index in [1.165, 1.54) is 12.7 Å². The summed E-state index contributed by atoms with van der Waals surface area (Å²) in [5.41, 5.74) is 2.03. The minimum Gasteiger partial charge on any atom is -0.466 e. The lowest BCUT2D eigenvalue weighted by Gasteiger charge is -2.41. The van der Waals surface area contributed by atoms with Crippen molar-refractivity contribution in [3.8, 4) is 0 Å². The molecule has 0 aliphatic heterocycles. The van der Waals surface area contributed by atoms with Gasteiger partial charge in [0.1, 0.15) is 0 Å². The summed E-state index contributed by atoms with van der Waals surface area (Å²) < 4.78 is 11.5. The average molecular weight is 439 g/mol. The summed E-state index contributed by atoms with van der Waals surface area (Å²) in [5, 5.41) is 0.227. The molecule has 0 spiro atoms. The smallest absolute Gasteiger partial charge is 0.333 e. The molecule has 0 unspecified atom stereocenters. The fourth-order valence-electron chi connectivity index (χ4n) is 3.92. The third-order valence-corrected chi connectivity index (χ3v) is 12.9. The van der Waals surface area contributed by atoms with Crippen molar-refractivity contribution in [3.05, 3.63) is 23.8 Å². The Labute approximate surface area is 182 Å². The monoisotopic (exact) mass is 438 g/mol. The van der Waals surface area contributed by atoms with Gasteiger partial charge in [-0.1, -0.05) is 65.6 Å². The molecule has 0 aromatic rings. The lowest BCUT2D eigenvalue weighted by molar-refractivity contribution is -0.136. The highest BCUT2D eigenvalue weighted by molar-refractivity contribution is 6.76. The Morgan fingerprint density at radius 1 is 1.24 bits per heavy atom. The zero-order valence-electron chi connectivity index (χ0n) is 20.8. The van der Waals surface area contributed by atoms with Crippen LogP contribution in [0.4, 0.5) is 0 Å². The molecule has 2 atom stereocenters. The van der Waals surface area contributed by atoms with Gasteiger partial charge in [-0.15, -0.1) is 0 Å². The van der Waals surface area contributed by atoms with Gasteiger partial charge in [0.15, 0.2) is 8.32 Å². The lowest BCUT2D eigenvalue weighted by Crippen LogP contribution is -2.41. The van der Waals surface area contributed by atoms with E-state index in [0.29, 0.717) is 0 Å². The highest BCUT2D eigenvalue weighted by Gasteiger charge is 2.40. The minimum atomic E-state index is -1.73. The second kappa shape index (κ2) is 9.65. The maximum absolute atomic E-state index is 12.4. The maximum atomic E-state index is 12.4. The molecular formula is C24H46O3Si2. The quantitative estimate of drug-likeness (QED) is 0.165. The van der Waals surface area contributed by atoms with Gasteiger partial charge >= 0.3 is 5.97 Å². The van der Waals surface area contributed by atoms with E-state index in [4.69, 9.17) is 9.16 Å². The molecule has 0 N–H and O–H groups in total. The Morgan fingerprint density at radius 3 is 2.31 bits per heavy atom. The summed E-state index contributed by atoms with van der Waals surface area (Å²) in [5.74, 6) is 0.0682. The summed E-state index contributed by atoms with van der Waals surface area (Å²) >= 11 is 0. The van der Waals surface area contributed by atoms with Gasteiger partial charge in [-0.05, 0) is 55.8 Å². The van der Waals surface area contributed by atoms with Crippen LogP contribution in [0.2, 0.25) is 43.8 Å². The number of rotatable bonds is 9. The molecule has 5 heteroatoms. The Bertz CT molecular complexity index is 623. The molecule has 3 nitrogen and oxygen atoms in total. The van der Waals surface area contributed by atoms with Crippen LogP contribution >= 0.6 is 0 Å². The molecule has 0 aromatic carbocycles. The first kappa shape index (κ1) is 26.4. The number of ether oxygens (including phenoxy) is 1. The Kier molecular flexibility index (Phi) is 8.78. The molecule has 0 amide bonds. The van der Waals surface area contributed by atoms with Gasteiger partial charge in [-0.3, -0.25) is 0 Å². The summed E-state index contributed by atoms with van der Waals surface area (Å²) in [6.07, 6.45) is 6.29. The van der Waals surface area contributed by atoms with Crippen LogP contribution in [-0.2, 0) is 14.0 Å². The van der Waals surface area contributed by atoms with Crippen LogP contribution in [0.5, 0.6) is 0 Å². The average Bonchev–Trinajstić information content (AvgIpc) is 2.57. The Balaban J connectivity index is 3.06. The normalized spacial score (nSPS) is 23.5. The fourth-order valence-corrected chi connectivity index (χ4v) is 6.64. The second-order valence-corrected chi connectivity index (χ2v) is 22.0. The van der Waals surface area contributed by atoms with Gasteiger partial charge in [-0.25, -0.2) is 4.79 Å². The van der Waals surface area contributed by atoms with Gasteiger partial charge in [0.25, 0.3) is 0 Å². The van der Waals surface area contributed by atoms with Crippen molar-refractivity contribution < 1.29 is 14.0 Å². The van der Waals surface area contributed by atoms with Gasteiger partial charge in [0, 0.05) is 25.7 Å². The van der Waals surface area contributed by atoms with E-state index >= 15 is 0 Å². The summed E-state index contributed by atoms with van der Waals surface area (Å²) in [4.78, 5) is 12.4. The third-order valence-electron chi connectivity index (χ3n) is 6.89. The molecule has 168 valence electrons. The fraction of sp³-hybridized carbons (Fsp3) is 0.792. The second-order valence-electron chi connectivity index (χ2n) is 11.7. The van der Waals surface area contributed by atoms with E-state index in [9.17, 15) is 4.79 Å². The molecule has 1 rings (SSSR count). The van der Waals surface area contributed by atoms with Crippen LogP contribution < -0.4 is 0 Å². The SMILES string of the molecule is C=C(C[Si](C)(C)C)[C@]1(CCCO[Si](C)(C)C(C)(C)C)C=C(C(=O)OC)[C@H](C)CC1. The standard InChI is InChI=1S/C24H46O3Si2/c1-19-13-15-24(17-21(19)22(25)26-6,20(2)18-28(7,8)9)14-12-16-27-29(10,11)23(3,4)5/h17,19H,2,12-16,18H2,1,3-11H3/t19-,24+/m1/s1. The van der Waals surface area contributed by atoms with Crippen LogP contribution in [0.1, 0.15) is 53.4 Å². The van der Waals surface area contributed by atoms with E-state index in [1.54, 1.807) is 0 Å². The zero-order valence-corrected chi connectivity index (χ0v) is 22.8. The lowest BCUT2D eigenvalue weighted by atomic mass is 9.67. The predicted octanol–water partition coefficient (Wildman–Crippen LogP) is 7.20. The molecule has 0 bridgehead atoms. The number of carbonyl (C=O) groups excluding carboxylic acids is 1. The van der Waals surface area contributed by atoms with E-state index in [1.807, 2.05) is 0 Å². The van der Waals surface area contributed by atoms with Crippen LogP contribution in [-0.4, -0.2) is 36.1 Å². The molecule has 29 heavy (non-hydrogen) atoms. The molecule has 0 aromatic heterocycles. The summed E-state index contributed by atoms with van der Waals surface area (Å²) in [7, 11) is -1.55. The number of hydrogen-bond acceptors (Lipinski definition) is 3. The molecule has 1 aliphatic rings. The first-order chi connectivity index (χ1) is 13.0. The topological polar surface area (TPSA) is 35.5 Å². The van der Waals surface area contributed by atoms with E-state index < -0.39 is 16.4 Å². The molecular weight excluding hydrogens is 392 g/mol. The number of hydrogen-bond donors (Lipinski definition) is 0. The third kappa shape index (κ3) is 7.21. The van der Waals surface area contributed by atoms with Crippen molar-refractivity contribution in [2.24, 2.45) is 11.3 Å². The van der Waals surface area contributed by atoms with Crippen LogP contribution in [0, 0.1) is 11.3 Å². The molecule has 0 fully saturated rings. The molecule has 0 saturated heterocycles. The molecule has 1 aliphatic carbocycles. The number of carbonyl (C=O) groups is 1. The number of esters is 1.